The van der Waals surface area contributed by atoms with Crippen molar-refractivity contribution < 1.29 is 27.8 Å². The molecule has 0 saturated carbocycles. The summed E-state index contributed by atoms with van der Waals surface area (Å²) >= 11 is 0. The molecule has 11 heteroatoms. The van der Waals surface area contributed by atoms with Crippen molar-refractivity contribution >= 4 is 17.7 Å². The molecule has 3 heterocycles. The first-order chi connectivity index (χ1) is 14.3. The normalized spacial score (nSPS) is 15.9. The van der Waals surface area contributed by atoms with E-state index in [1.165, 1.54) is 16.8 Å². The number of amides is 1. The Hall–Kier alpha value is -2.98. The van der Waals surface area contributed by atoms with Crippen LogP contribution in [0.1, 0.15) is 62.5 Å². The predicted octanol–water partition coefficient (Wildman–Crippen LogP) is 2.95. The molecule has 3 rings (SSSR count). The molecule has 2 aromatic rings. The highest BCUT2D eigenvalue weighted by Crippen LogP contribution is 2.28. The minimum absolute atomic E-state index is 0.0847. The number of hydrogen-bond donors (Lipinski definition) is 1. The molecule has 1 aliphatic rings. The second-order valence-corrected chi connectivity index (χ2v) is 8.77. The first kappa shape index (κ1) is 22.7. The zero-order chi connectivity index (χ0) is 23.0. The van der Waals surface area contributed by atoms with E-state index in [9.17, 15) is 23.2 Å². The number of aromatic amines is 1. The second kappa shape index (κ2) is 8.27. The lowest BCUT2D eigenvalue weighted by molar-refractivity contribution is -0.0466. The molecule has 0 atom stereocenters. The molecule has 0 spiro atoms. The lowest BCUT2D eigenvalue weighted by Gasteiger charge is -2.33. The maximum Gasteiger partial charge on any atom is 0.410 e. The molecule has 0 aliphatic carbocycles. The van der Waals surface area contributed by atoms with E-state index in [0.29, 0.717) is 38.5 Å². The Kier molecular flexibility index (Phi) is 6.06. The molecule has 1 aliphatic heterocycles. The summed E-state index contributed by atoms with van der Waals surface area (Å²) in [5.74, 6) is -4.25. The second-order valence-electron chi connectivity index (χ2n) is 8.77. The number of likely N-dealkylation sites (tertiary alicyclic amines) is 1. The Balaban J connectivity index is 1.78. The van der Waals surface area contributed by atoms with Gasteiger partial charge in [0.25, 0.3) is 11.5 Å². The summed E-state index contributed by atoms with van der Waals surface area (Å²) in [7, 11) is 0. The van der Waals surface area contributed by atoms with E-state index < -0.39 is 29.7 Å². The van der Waals surface area contributed by atoms with Crippen LogP contribution in [0.3, 0.4) is 0 Å². The number of nitrogens with one attached hydrogen (secondary N) is 1. The summed E-state index contributed by atoms with van der Waals surface area (Å²) in [5, 5.41) is 4.16. The van der Waals surface area contributed by atoms with Crippen molar-refractivity contribution in [1.82, 2.24) is 19.5 Å². The van der Waals surface area contributed by atoms with Crippen LogP contribution in [0.5, 0.6) is 0 Å². The highest BCUT2D eigenvalue weighted by molar-refractivity contribution is 5.95. The number of aromatic nitrogens is 3. The number of carbonyl (C=O) groups excluding carboxylic acids is 2. The van der Waals surface area contributed by atoms with Gasteiger partial charge >= 0.3 is 12.1 Å². The minimum atomic E-state index is -3.17. The summed E-state index contributed by atoms with van der Waals surface area (Å²) in [4.78, 5) is 40.8. The Morgan fingerprint density at radius 2 is 1.87 bits per heavy atom. The third-order valence-electron chi connectivity index (χ3n) is 4.78. The third kappa shape index (κ3) is 5.59. The fourth-order valence-electron chi connectivity index (χ4n) is 3.41. The van der Waals surface area contributed by atoms with Gasteiger partial charge in [-0.25, -0.2) is 22.9 Å². The van der Waals surface area contributed by atoms with Crippen LogP contribution in [0, 0.1) is 0 Å². The number of fused-ring (bicyclic) bond motifs is 1. The summed E-state index contributed by atoms with van der Waals surface area (Å²) in [6, 6.07) is 1.39. The molecule has 1 saturated heterocycles. The van der Waals surface area contributed by atoms with Gasteiger partial charge in [0, 0.05) is 32.0 Å². The van der Waals surface area contributed by atoms with Crippen LogP contribution in [0.4, 0.5) is 13.6 Å². The largest absolute Gasteiger partial charge is 0.456 e. The van der Waals surface area contributed by atoms with Crippen molar-refractivity contribution in [2.24, 2.45) is 0 Å². The number of hydrogen-bond acceptors (Lipinski definition) is 6. The number of H-pyrrole nitrogens is 1. The summed E-state index contributed by atoms with van der Waals surface area (Å²) in [5.41, 5.74) is -0.486. The van der Waals surface area contributed by atoms with Crippen LogP contribution in [0.25, 0.3) is 5.65 Å². The van der Waals surface area contributed by atoms with E-state index in [2.05, 4.69) is 14.8 Å². The highest BCUT2D eigenvalue weighted by atomic mass is 19.3. The van der Waals surface area contributed by atoms with Gasteiger partial charge < -0.3 is 19.4 Å². The van der Waals surface area contributed by atoms with Crippen molar-refractivity contribution in [3.8, 4) is 0 Å². The molecule has 0 aromatic carbocycles. The number of halogens is 2. The van der Waals surface area contributed by atoms with Gasteiger partial charge in [0.15, 0.2) is 12.3 Å². The quantitative estimate of drug-likeness (QED) is 0.733. The van der Waals surface area contributed by atoms with Crippen LogP contribution < -0.4 is 5.56 Å². The van der Waals surface area contributed by atoms with Gasteiger partial charge in [-0.2, -0.15) is 5.10 Å². The third-order valence-corrected chi connectivity index (χ3v) is 4.78. The van der Waals surface area contributed by atoms with E-state index >= 15 is 0 Å². The molecule has 2 aromatic heterocycles. The van der Waals surface area contributed by atoms with Crippen LogP contribution >= 0.6 is 0 Å². The number of rotatable bonds is 4. The van der Waals surface area contributed by atoms with Gasteiger partial charge in [-0.1, -0.05) is 0 Å². The lowest BCUT2D eigenvalue weighted by atomic mass is 9.93. The number of carbonyl (C=O) groups is 2. The average molecular weight is 440 g/mol. The van der Waals surface area contributed by atoms with Crippen molar-refractivity contribution in [2.75, 3.05) is 19.7 Å². The Morgan fingerprint density at radius 1 is 1.23 bits per heavy atom. The van der Waals surface area contributed by atoms with Gasteiger partial charge in [-0.05, 0) is 33.6 Å². The summed E-state index contributed by atoms with van der Waals surface area (Å²) in [6.45, 7) is 5.84. The number of esters is 1. The van der Waals surface area contributed by atoms with E-state index in [1.54, 1.807) is 25.7 Å². The van der Waals surface area contributed by atoms with E-state index in [1.807, 2.05) is 0 Å². The minimum Gasteiger partial charge on any atom is -0.456 e. The molecule has 0 radical (unpaired) electrons. The predicted molar refractivity (Wildman–Crippen MR) is 106 cm³/mol. The first-order valence-corrected chi connectivity index (χ1v) is 9.98. The zero-order valence-corrected chi connectivity index (χ0v) is 17.9. The molecule has 1 N–H and O–H groups in total. The van der Waals surface area contributed by atoms with Gasteiger partial charge in [0.05, 0.1) is 11.9 Å². The number of piperidine rings is 1. The zero-order valence-electron chi connectivity index (χ0n) is 17.9. The van der Waals surface area contributed by atoms with Gasteiger partial charge in [0.2, 0.25) is 0 Å². The van der Waals surface area contributed by atoms with Crippen LogP contribution in [-0.4, -0.2) is 62.8 Å². The molecular formula is C20H26F2N4O5. The molecule has 31 heavy (non-hydrogen) atoms. The summed E-state index contributed by atoms with van der Waals surface area (Å²) < 4.78 is 37.4. The van der Waals surface area contributed by atoms with Crippen LogP contribution in [0.15, 0.2) is 17.1 Å². The number of ether oxygens (including phenoxy) is 2. The lowest BCUT2D eigenvalue weighted by Crippen LogP contribution is -2.41. The van der Waals surface area contributed by atoms with Crippen LogP contribution in [0.2, 0.25) is 0 Å². The van der Waals surface area contributed by atoms with E-state index in [0.717, 1.165) is 0 Å². The summed E-state index contributed by atoms with van der Waals surface area (Å²) in [6.07, 6.45) is 1.93. The fraction of sp³-hybridized carbons (Fsp3) is 0.600. The fourth-order valence-corrected chi connectivity index (χ4v) is 3.41. The molecule has 0 bridgehead atoms. The van der Waals surface area contributed by atoms with E-state index in [-0.39, 0.29) is 23.2 Å². The standard InChI is InChI=1S/C20H26F2N4O5/c1-19(2,3)31-18(29)25-7-5-12(6-8-25)14-9-15(27)24-16-13(10-23-26(14)16)17(28)30-11-20(4,21)22/h9-10,12H,5-8,11H2,1-4H3,(H,24,27). The van der Waals surface area contributed by atoms with Crippen molar-refractivity contribution in [1.29, 1.82) is 0 Å². The Labute approximate surface area is 177 Å². The maximum absolute atomic E-state index is 13.0. The van der Waals surface area contributed by atoms with Crippen molar-refractivity contribution in [2.45, 2.75) is 58.0 Å². The maximum atomic E-state index is 13.0. The molecule has 0 unspecified atom stereocenters. The van der Waals surface area contributed by atoms with E-state index in [4.69, 9.17) is 4.74 Å². The van der Waals surface area contributed by atoms with Gasteiger partial charge in [0.1, 0.15) is 11.2 Å². The SMILES string of the molecule is CC(F)(F)COC(=O)c1cnn2c(C3CCN(C(=O)OC(C)(C)C)CC3)cc(=O)[nH]c12. The molecule has 9 nitrogen and oxygen atoms in total. The first-order valence-electron chi connectivity index (χ1n) is 9.98. The number of nitrogens with zero attached hydrogens (tertiary/aromatic N) is 3. The average Bonchev–Trinajstić information content (AvgIpc) is 3.07. The molecule has 170 valence electrons. The van der Waals surface area contributed by atoms with Crippen molar-refractivity contribution in [3.05, 3.63) is 33.9 Å². The Bertz CT molecular complexity index is 1030. The Morgan fingerprint density at radius 3 is 2.45 bits per heavy atom. The van der Waals surface area contributed by atoms with Gasteiger partial charge in [-0.3, -0.25) is 4.79 Å². The topological polar surface area (TPSA) is 106 Å². The van der Waals surface area contributed by atoms with Gasteiger partial charge in [-0.15, -0.1) is 0 Å². The highest BCUT2D eigenvalue weighted by Gasteiger charge is 2.30. The molecule has 1 amide bonds. The molecular weight excluding hydrogens is 414 g/mol. The van der Waals surface area contributed by atoms with Crippen molar-refractivity contribution in [3.63, 3.8) is 0 Å². The number of alkyl halides is 2. The molecule has 1 fully saturated rings. The smallest absolute Gasteiger partial charge is 0.410 e. The monoisotopic (exact) mass is 440 g/mol. The van der Waals surface area contributed by atoms with Crippen LogP contribution in [-0.2, 0) is 9.47 Å².